The molecule has 2 fully saturated rings. The number of ether oxygens (including phenoxy) is 11. The molecule has 1 aromatic rings. The van der Waals surface area contributed by atoms with E-state index in [1.807, 2.05) is 0 Å². The Morgan fingerprint density at radius 3 is 1.37 bits per heavy atom. The summed E-state index contributed by atoms with van der Waals surface area (Å²) in [6.07, 6.45) is -14.0. The van der Waals surface area contributed by atoms with Gasteiger partial charge in [-0.15, -0.1) is 0 Å². The van der Waals surface area contributed by atoms with Crippen LogP contribution in [0.1, 0.15) is 54.0 Å². The lowest BCUT2D eigenvalue weighted by Crippen LogP contribution is -2.67. The van der Waals surface area contributed by atoms with Gasteiger partial charge in [0.05, 0.1) is 0 Å². The first kappa shape index (κ1) is 41.4. The molecule has 2 aliphatic rings. The van der Waals surface area contributed by atoms with E-state index >= 15 is 0 Å². The van der Waals surface area contributed by atoms with Crippen LogP contribution in [0.3, 0.4) is 0 Å². The van der Waals surface area contributed by atoms with E-state index in [-0.39, 0.29) is 5.75 Å². The third-order valence-electron chi connectivity index (χ3n) is 7.25. The molecule has 0 aromatic heterocycles. The van der Waals surface area contributed by atoms with E-state index < -0.39 is 116 Å². The molecule has 2 heterocycles. The first-order chi connectivity index (χ1) is 24.5. The zero-order valence-corrected chi connectivity index (χ0v) is 29.6. The SMILES string of the molecule is C=Cc1ccc(OC2OC(COC(C)=O)C(OC3OC(COC(C)=O)C(OC(C)=O)C(OC(C)=O)C3OC(C)=O)C(OC(C)=O)C2OC(C)=O)cc1. The number of carbonyl (C=O) groups is 7. The van der Waals surface area contributed by atoms with Crippen LogP contribution in [-0.2, 0) is 80.9 Å². The molecule has 18 heteroatoms. The summed E-state index contributed by atoms with van der Waals surface area (Å²) < 4.78 is 62.5. The molecular formula is C34H42O18. The Labute approximate surface area is 298 Å². The van der Waals surface area contributed by atoms with Gasteiger partial charge in [0, 0.05) is 48.5 Å². The third kappa shape index (κ3) is 12.0. The van der Waals surface area contributed by atoms with Gasteiger partial charge in [-0.2, -0.15) is 0 Å². The number of carbonyl (C=O) groups excluding carboxylic acids is 7. The zero-order valence-electron chi connectivity index (χ0n) is 29.6. The van der Waals surface area contributed by atoms with Crippen LogP contribution >= 0.6 is 0 Å². The number of rotatable bonds is 14. The highest BCUT2D eigenvalue weighted by molar-refractivity contribution is 5.69. The molecule has 286 valence electrons. The van der Waals surface area contributed by atoms with E-state index in [0.717, 1.165) is 54.0 Å². The molecule has 2 aliphatic heterocycles. The maximum Gasteiger partial charge on any atom is 0.303 e. The van der Waals surface area contributed by atoms with Gasteiger partial charge < -0.3 is 52.1 Å². The van der Waals surface area contributed by atoms with Crippen LogP contribution in [0, 0.1) is 0 Å². The standard InChI is InChI=1S/C34H42O18/c1-9-23-10-12-24(13-11-23)49-33-31(47-21(7)40)30(46-20(6)39)28(26(50-33)15-43-17(3)36)52-34-32(48-22(8)41)29(45-19(5)38)27(44-18(4)37)25(51-34)14-42-16(2)35/h9-13,25-34H,1,14-15H2,2-8H3. The summed E-state index contributed by atoms with van der Waals surface area (Å²) in [5.41, 5.74) is 0.761. The molecular weight excluding hydrogens is 696 g/mol. The Bertz CT molecular complexity index is 1470. The Balaban J connectivity index is 2.16. The van der Waals surface area contributed by atoms with Gasteiger partial charge >= 0.3 is 41.8 Å². The van der Waals surface area contributed by atoms with E-state index in [0.29, 0.717) is 0 Å². The molecule has 3 rings (SSSR count). The van der Waals surface area contributed by atoms with E-state index in [1.165, 1.54) is 0 Å². The lowest BCUT2D eigenvalue weighted by Gasteiger charge is -2.48. The maximum atomic E-state index is 12.6. The molecule has 10 unspecified atom stereocenters. The topological polar surface area (TPSA) is 221 Å². The number of hydrogen-bond acceptors (Lipinski definition) is 18. The van der Waals surface area contributed by atoms with Crippen LogP contribution < -0.4 is 4.74 Å². The van der Waals surface area contributed by atoms with E-state index in [1.54, 1.807) is 30.3 Å². The van der Waals surface area contributed by atoms with Gasteiger partial charge in [-0.3, -0.25) is 33.6 Å². The smallest absolute Gasteiger partial charge is 0.303 e. The predicted octanol–water partition coefficient (Wildman–Crippen LogP) is 1.33. The Morgan fingerprint density at radius 2 is 0.923 bits per heavy atom. The summed E-state index contributed by atoms with van der Waals surface area (Å²) in [5.74, 6) is -5.64. The van der Waals surface area contributed by atoms with Crippen LogP contribution in [0.4, 0.5) is 0 Å². The van der Waals surface area contributed by atoms with Crippen LogP contribution in [-0.4, -0.2) is 116 Å². The number of benzene rings is 1. The van der Waals surface area contributed by atoms with Crippen molar-refractivity contribution < 1.29 is 85.7 Å². The fourth-order valence-electron chi connectivity index (χ4n) is 5.38. The lowest BCUT2D eigenvalue weighted by molar-refractivity contribution is -0.354. The van der Waals surface area contributed by atoms with Gasteiger partial charge in [0.15, 0.2) is 30.7 Å². The summed E-state index contributed by atoms with van der Waals surface area (Å²) in [6, 6.07) is 6.52. The van der Waals surface area contributed by atoms with Crippen molar-refractivity contribution in [3.63, 3.8) is 0 Å². The van der Waals surface area contributed by atoms with Gasteiger partial charge in [0.2, 0.25) is 12.4 Å². The van der Waals surface area contributed by atoms with Gasteiger partial charge in [-0.25, -0.2) is 0 Å². The Morgan fingerprint density at radius 1 is 0.538 bits per heavy atom. The third-order valence-corrected chi connectivity index (χ3v) is 7.25. The van der Waals surface area contributed by atoms with Crippen LogP contribution in [0.2, 0.25) is 0 Å². The van der Waals surface area contributed by atoms with Crippen molar-refractivity contribution in [2.75, 3.05) is 13.2 Å². The van der Waals surface area contributed by atoms with Crippen molar-refractivity contribution in [1.82, 2.24) is 0 Å². The van der Waals surface area contributed by atoms with E-state index in [9.17, 15) is 33.6 Å². The molecule has 0 radical (unpaired) electrons. The van der Waals surface area contributed by atoms with E-state index in [2.05, 4.69) is 6.58 Å². The highest BCUT2D eigenvalue weighted by Crippen LogP contribution is 2.36. The zero-order chi connectivity index (χ0) is 38.7. The minimum Gasteiger partial charge on any atom is -0.463 e. The molecule has 0 aliphatic carbocycles. The fourth-order valence-corrected chi connectivity index (χ4v) is 5.38. The molecule has 0 saturated carbocycles. The van der Waals surface area contributed by atoms with Crippen LogP contribution in [0.5, 0.6) is 5.75 Å². The quantitative estimate of drug-likeness (QED) is 0.194. The minimum absolute atomic E-state index is 0.236. The van der Waals surface area contributed by atoms with Crippen molar-refractivity contribution in [3.8, 4) is 5.75 Å². The molecule has 52 heavy (non-hydrogen) atoms. The van der Waals surface area contributed by atoms with Crippen molar-refractivity contribution in [1.29, 1.82) is 0 Å². The Kier molecular flexibility index (Phi) is 15.1. The average Bonchev–Trinajstić information content (AvgIpc) is 3.03. The van der Waals surface area contributed by atoms with Crippen molar-refractivity contribution >= 4 is 47.9 Å². The van der Waals surface area contributed by atoms with Gasteiger partial charge in [0.25, 0.3) is 0 Å². The van der Waals surface area contributed by atoms with Crippen molar-refractivity contribution in [2.45, 2.75) is 110 Å². The second-order valence-electron chi connectivity index (χ2n) is 11.6. The molecule has 0 bridgehead atoms. The monoisotopic (exact) mass is 738 g/mol. The highest BCUT2D eigenvalue weighted by Gasteiger charge is 2.58. The molecule has 10 atom stereocenters. The first-order valence-electron chi connectivity index (χ1n) is 16.0. The van der Waals surface area contributed by atoms with Crippen LogP contribution in [0.15, 0.2) is 30.8 Å². The molecule has 1 aromatic carbocycles. The molecule has 18 nitrogen and oxygen atoms in total. The number of hydrogen-bond donors (Lipinski definition) is 0. The molecule has 0 amide bonds. The summed E-state index contributed by atoms with van der Waals surface area (Å²) in [5, 5.41) is 0. The highest BCUT2D eigenvalue weighted by atomic mass is 16.8. The summed E-state index contributed by atoms with van der Waals surface area (Å²) in [7, 11) is 0. The number of esters is 7. The van der Waals surface area contributed by atoms with Crippen LogP contribution in [0.25, 0.3) is 6.08 Å². The summed E-state index contributed by atoms with van der Waals surface area (Å²) >= 11 is 0. The Hall–Kier alpha value is -5.07. The fraction of sp³-hybridized carbons (Fsp3) is 0.559. The normalized spacial score (nSPS) is 28.2. The van der Waals surface area contributed by atoms with Crippen molar-refractivity contribution in [2.24, 2.45) is 0 Å². The minimum atomic E-state index is -1.80. The van der Waals surface area contributed by atoms with E-state index in [4.69, 9.17) is 52.1 Å². The molecule has 0 spiro atoms. The summed E-state index contributed by atoms with van der Waals surface area (Å²) in [4.78, 5) is 85.6. The first-order valence-corrected chi connectivity index (χ1v) is 16.0. The maximum absolute atomic E-state index is 12.6. The predicted molar refractivity (Wildman–Crippen MR) is 170 cm³/mol. The van der Waals surface area contributed by atoms with Gasteiger partial charge in [0.1, 0.15) is 37.3 Å². The van der Waals surface area contributed by atoms with Gasteiger partial charge in [-0.1, -0.05) is 24.8 Å². The average molecular weight is 739 g/mol. The second-order valence-corrected chi connectivity index (χ2v) is 11.6. The molecule has 2 saturated heterocycles. The van der Waals surface area contributed by atoms with Crippen molar-refractivity contribution in [3.05, 3.63) is 36.4 Å². The lowest BCUT2D eigenvalue weighted by atomic mass is 9.96. The largest absolute Gasteiger partial charge is 0.463 e. The second kappa shape index (κ2) is 19.0. The molecule has 0 N–H and O–H groups in total. The summed E-state index contributed by atoms with van der Waals surface area (Å²) in [6.45, 7) is 10.1. The van der Waals surface area contributed by atoms with Gasteiger partial charge in [-0.05, 0) is 17.7 Å².